The van der Waals surface area contributed by atoms with Crippen molar-refractivity contribution in [2.45, 2.75) is 12.5 Å². The molecular weight excluding hydrogens is 411 g/mol. The van der Waals surface area contributed by atoms with Crippen molar-refractivity contribution in [2.24, 2.45) is 5.10 Å². The minimum atomic E-state index is -0.306. The summed E-state index contributed by atoms with van der Waals surface area (Å²) < 4.78 is 24.4. The maximum absolute atomic E-state index is 13.5. The number of carbonyl (C=O) groups excluding carboxylic acids is 1. The van der Waals surface area contributed by atoms with Crippen LogP contribution in [0.4, 0.5) is 4.39 Å². The standard InChI is InChI=1S/C24H29FN4O3/c1-27-10-12-28(13-11-27)16-24(30)29-22(17-4-6-18(25)7-5-17)15-21(26-29)20-9-8-19(31-2)14-23(20)32-3/h4-9,14,22H,10-13,15-16H2,1-3H3. The molecule has 1 atom stereocenters. The summed E-state index contributed by atoms with van der Waals surface area (Å²) in [7, 11) is 5.29. The highest BCUT2D eigenvalue weighted by Gasteiger charge is 2.35. The van der Waals surface area contributed by atoms with Gasteiger partial charge in [-0.15, -0.1) is 0 Å². The Morgan fingerprint density at radius 3 is 2.44 bits per heavy atom. The highest BCUT2D eigenvalue weighted by atomic mass is 19.1. The molecule has 2 aromatic rings. The number of piperazine rings is 1. The molecular formula is C24H29FN4O3. The van der Waals surface area contributed by atoms with Crippen molar-refractivity contribution in [3.8, 4) is 11.5 Å². The third-order valence-electron chi connectivity index (χ3n) is 6.10. The molecule has 1 fully saturated rings. The largest absolute Gasteiger partial charge is 0.497 e. The Hall–Kier alpha value is -2.97. The predicted molar refractivity (Wildman–Crippen MR) is 121 cm³/mol. The van der Waals surface area contributed by atoms with Crippen LogP contribution in [0.2, 0.25) is 0 Å². The van der Waals surface area contributed by atoms with Gasteiger partial charge in [0.15, 0.2) is 0 Å². The molecule has 0 aromatic heterocycles. The topological polar surface area (TPSA) is 57.6 Å². The molecule has 0 radical (unpaired) electrons. The summed E-state index contributed by atoms with van der Waals surface area (Å²) in [5.41, 5.74) is 2.42. The Labute approximate surface area is 188 Å². The molecule has 8 heteroatoms. The first-order valence-electron chi connectivity index (χ1n) is 10.8. The highest BCUT2D eigenvalue weighted by molar-refractivity contribution is 6.05. The first-order valence-corrected chi connectivity index (χ1v) is 10.8. The first kappa shape index (κ1) is 22.2. The van der Waals surface area contributed by atoms with Gasteiger partial charge in [0.25, 0.3) is 5.91 Å². The lowest BCUT2D eigenvalue weighted by atomic mass is 9.97. The maximum Gasteiger partial charge on any atom is 0.257 e. The number of benzene rings is 2. The minimum Gasteiger partial charge on any atom is -0.497 e. The van der Waals surface area contributed by atoms with Crippen LogP contribution in [-0.4, -0.2) is 80.4 Å². The smallest absolute Gasteiger partial charge is 0.257 e. The third kappa shape index (κ3) is 4.76. The number of amides is 1. The number of halogens is 1. The van der Waals surface area contributed by atoms with Crippen LogP contribution < -0.4 is 9.47 Å². The van der Waals surface area contributed by atoms with Gasteiger partial charge in [-0.3, -0.25) is 9.69 Å². The van der Waals surface area contributed by atoms with Crippen molar-refractivity contribution in [2.75, 3.05) is 54.0 Å². The second-order valence-electron chi connectivity index (χ2n) is 8.20. The number of rotatable bonds is 6. The zero-order valence-corrected chi connectivity index (χ0v) is 18.8. The molecule has 2 heterocycles. The van der Waals surface area contributed by atoms with E-state index in [4.69, 9.17) is 14.6 Å². The van der Waals surface area contributed by atoms with E-state index in [0.717, 1.165) is 43.0 Å². The van der Waals surface area contributed by atoms with Crippen molar-refractivity contribution in [1.82, 2.24) is 14.8 Å². The zero-order chi connectivity index (χ0) is 22.7. The summed E-state index contributed by atoms with van der Waals surface area (Å²) in [5, 5.41) is 6.29. The quantitative estimate of drug-likeness (QED) is 0.692. The Morgan fingerprint density at radius 1 is 1.06 bits per heavy atom. The Kier molecular flexibility index (Phi) is 6.72. The molecule has 0 spiro atoms. The molecule has 0 N–H and O–H groups in total. The van der Waals surface area contributed by atoms with Gasteiger partial charge in [-0.1, -0.05) is 12.1 Å². The van der Waals surface area contributed by atoms with E-state index in [1.54, 1.807) is 37.4 Å². The molecule has 2 aliphatic heterocycles. The summed E-state index contributed by atoms with van der Waals surface area (Å²) >= 11 is 0. The highest BCUT2D eigenvalue weighted by Crippen LogP contribution is 2.36. The van der Waals surface area contributed by atoms with E-state index < -0.39 is 0 Å². The number of ether oxygens (including phenoxy) is 2. The van der Waals surface area contributed by atoms with Gasteiger partial charge in [0.1, 0.15) is 17.3 Å². The van der Waals surface area contributed by atoms with E-state index in [1.165, 1.54) is 12.1 Å². The van der Waals surface area contributed by atoms with Crippen molar-refractivity contribution >= 4 is 11.6 Å². The summed E-state index contributed by atoms with van der Waals surface area (Å²) in [6, 6.07) is 11.5. The van der Waals surface area contributed by atoms with Crippen LogP contribution in [-0.2, 0) is 4.79 Å². The van der Waals surface area contributed by atoms with Gasteiger partial charge in [-0.2, -0.15) is 5.10 Å². The number of likely N-dealkylation sites (N-methyl/N-ethyl adjacent to an activating group) is 1. The third-order valence-corrected chi connectivity index (χ3v) is 6.10. The molecule has 0 aliphatic carbocycles. The number of carbonyl (C=O) groups is 1. The molecule has 0 bridgehead atoms. The number of nitrogens with zero attached hydrogens (tertiary/aromatic N) is 4. The Balaban J connectivity index is 1.62. The fourth-order valence-electron chi connectivity index (χ4n) is 4.15. The van der Waals surface area contributed by atoms with Crippen LogP contribution in [0.1, 0.15) is 23.6 Å². The van der Waals surface area contributed by atoms with Crippen molar-refractivity contribution < 1.29 is 18.7 Å². The SMILES string of the molecule is COc1ccc(C2=NN(C(=O)CN3CCN(C)CC3)C(c3ccc(F)cc3)C2)c(OC)c1. The molecule has 7 nitrogen and oxygen atoms in total. The number of methoxy groups -OCH3 is 2. The van der Waals surface area contributed by atoms with Crippen LogP contribution in [0.15, 0.2) is 47.6 Å². The monoisotopic (exact) mass is 440 g/mol. The molecule has 2 aliphatic rings. The van der Waals surface area contributed by atoms with E-state index in [9.17, 15) is 9.18 Å². The van der Waals surface area contributed by atoms with Crippen LogP contribution >= 0.6 is 0 Å². The van der Waals surface area contributed by atoms with Gasteiger partial charge < -0.3 is 14.4 Å². The molecule has 2 aromatic carbocycles. The van der Waals surface area contributed by atoms with Crippen LogP contribution in [0, 0.1) is 5.82 Å². The molecule has 4 rings (SSSR count). The molecule has 1 saturated heterocycles. The van der Waals surface area contributed by atoms with Crippen LogP contribution in [0.5, 0.6) is 11.5 Å². The maximum atomic E-state index is 13.5. The molecule has 170 valence electrons. The van der Waals surface area contributed by atoms with Crippen LogP contribution in [0.25, 0.3) is 0 Å². The van der Waals surface area contributed by atoms with Gasteiger partial charge in [-0.05, 0) is 36.9 Å². The Morgan fingerprint density at radius 2 is 1.78 bits per heavy atom. The van der Waals surface area contributed by atoms with Crippen molar-refractivity contribution in [1.29, 1.82) is 0 Å². The molecule has 1 unspecified atom stereocenters. The van der Waals surface area contributed by atoms with Gasteiger partial charge in [0, 0.05) is 44.2 Å². The van der Waals surface area contributed by atoms with Gasteiger partial charge in [0.05, 0.1) is 32.5 Å². The number of hydrogen-bond donors (Lipinski definition) is 0. The lowest BCUT2D eigenvalue weighted by Gasteiger charge is -2.33. The number of hydrogen-bond acceptors (Lipinski definition) is 6. The first-order chi connectivity index (χ1) is 15.5. The average Bonchev–Trinajstić information content (AvgIpc) is 3.26. The second kappa shape index (κ2) is 9.67. The normalized spacial score (nSPS) is 19.7. The number of hydrazone groups is 1. The fourth-order valence-corrected chi connectivity index (χ4v) is 4.15. The van der Waals surface area contributed by atoms with E-state index >= 15 is 0 Å². The predicted octanol–water partition coefficient (Wildman–Crippen LogP) is 2.77. The lowest BCUT2D eigenvalue weighted by Crippen LogP contribution is -2.48. The van der Waals surface area contributed by atoms with Crippen molar-refractivity contribution in [3.05, 3.63) is 59.4 Å². The summed E-state index contributed by atoms with van der Waals surface area (Å²) in [6.45, 7) is 3.88. The average molecular weight is 441 g/mol. The summed E-state index contributed by atoms with van der Waals surface area (Å²) in [5.74, 6) is 0.947. The molecule has 32 heavy (non-hydrogen) atoms. The molecule has 1 amide bonds. The van der Waals surface area contributed by atoms with Gasteiger partial charge >= 0.3 is 0 Å². The van der Waals surface area contributed by atoms with Crippen LogP contribution in [0.3, 0.4) is 0 Å². The molecule has 0 saturated carbocycles. The van der Waals surface area contributed by atoms with E-state index in [-0.39, 0.29) is 17.8 Å². The summed E-state index contributed by atoms with van der Waals surface area (Å²) in [6.07, 6.45) is 0.517. The van der Waals surface area contributed by atoms with Gasteiger partial charge in [-0.25, -0.2) is 9.40 Å². The van der Waals surface area contributed by atoms with Crippen molar-refractivity contribution in [3.63, 3.8) is 0 Å². The second-order valence-corrected chi connectivity index (χ2v) is 8.20. The van der Waals surface area contributed by atoms with E-state index in [1.807, 2.05) is 12.1 Å². The fraction of sp³-hybridized carbons (Fsp3) is 0.417. The minimum absolute atomic E-state index is 0.0636. The zero-order valence-electron chi connectivity index (χ0n) is 18.8. The summed E-state index contributed by atoms with van der Waals surface area (Å²) in [4.78, 5) is 17.7. The van der Waals surface area contributed by atoms with E-state index in [2.05, 4.69) is 16.8 Å². The van der Waals surface area contributed by atoms with E-state index in [0.29, 0.717) is 24.5 Å². The Bertz CT molecular complexity index is 987. The lowest BCUT2D eigenvalue weighted by molar-refractivity contribution is -0.134. The van der Waals surface area contributed by atoms with Gasteiger partial charge in [0.2, 0.25) is 0 Å².